The zero-order valence-electron chi connectivity index (χ0n) is 11.2. The lowest BCUT2D eigenvalue weighted by Gasteiger charge is -2.08. The number of aromatic amines is 1. The average molecular weight is 340 g/mol. The van der Waals surface area contributed by atoms with Crippen molar-refractivity contribution in [3.8, 4) is 5.75 Å². The van der Waals surface area contributed by atoms with Crippen molar-refractivity contribution in [2.75, 3.05) is 13.2 Å². The van der Waals surface area contributed by atoms with Gasteiger partial charge in [-0.1, -0.05) is 0 Å². The molecule has 106 valence electrons. The van der Waals surface area contributed by atoms with Crippen molar-refractivity contribution in [2.45, 2.75) is 13.8 Å². The number of nitrogens with one attached hydrogen (secondary N) is 1. The van der Waals surface area contributed by atoms with Crippen LogP contribution in [0.2, 0.25) is 0 Å². The predicted molar refractivity (Wildman–Crippen MR) is 79.4 cm³/mol. The molecule has 0 saturated heterocycles. The Labute approximate surface area is 124 Å². The Morgan fingerprint density at radius 2 is 2.05 bits per heavy atom. The number of hydrogen-bond acceptors (Lipinski definition) is 4. The molecule has 5 nitrogen and oxygen atoms in total. The summed E-state index contributed by atoms with van der Waals surface area (Å²) in [7, 11) is 0. The van der Waals surface area contributed by atoms with Gasteiger partial charge in [-0.15, -0.1) is 0 Å². The number of carbonyl (C=O) groups is 1. The van der Waals surface area contributed by atoms with Crippen molar-refractivity contribution < 1.29 is 14.3 Å². The van der Waals surface area contributed by atoms with E-state index in [9.17, 15) is 9.59 Å². The summed E-state index contributed by atoms with van der Waals surface area (Å²) in [6.45, 7) is 4.32. The first-order valence-electron chi connectivity index (χ1n) is 6.23. The number of ether oxygens (including phenoxy) is 2. The van der Waals surface area contributed by atoms with Crippen LogP contribution in [0.1, 0.15) is 24.2 Å². The van der Waals surface area contributed by atoms with Crippen LogP contribution in [-0.2, 0) is 4.74 Å². The summed E-state index contributed by atoms with van der Waals surface area (Å²) in [5, 5.41) is 0.408. The van der Waals surface area contributed by atoms with Crippen molar-refractivity contribution in [3.63, 3.8) is 0 Å². The highest BCUT2D eigenvalue weighted by Crippen LogP contribution is 2.28. The number of hydrogen-bond donors (Lipinski definition) is 1. The number of aromatic nitrogens is 1. The van der Waals surface area contributed by atoms with E-state index in [1.165, 1.54) is 6.20 Å². The van der Waals surface area contributed by atoms with Crippen LogP contribution in [-0.4, -0.2) is 24.2 Å². The molecule has 1 aromatic carbocycles. The molecule has 0 radical (unpaired) electrons. The molecule has 0 aliphatic carbocycles. The molecule has 0 amide bonds. The quantitative estimate of drug-likeness (QED) is 0.869. The van der Waals surface area contributed by atoms with E-state index in [2.05, 4.69) is 20.9 Å². The third-order valence-electron chi connectivity index (χ3n) is 2.73. The van der Waals surface area contributed by atoms with Gasteiger partial charge in [0.2, 0.25) is 5.43 Å². The van der Waals surface area contributed by atoms with E-state index in [-0.39, 0.29) is 17.6 Å². The normalized spacial score (nSPS) is 10.6. The second-order valence-electron chi connectivity index (χ2n) is 4.01. The molecular weight excluding hydrogens is 326 g/mol. The standard InChI is InChI=1S/C14H14BrNO4/c1-3-19-12-6-11-8(5-10(12)15)13(17)9(7-16-11)14(18)20-4-2/h5-7H,3-4H2,1-2H3,(H,16,17). The average Bonchev–Trinajstić information content (AvgIpc) is 2.41. The van der Waals surface area contributed by atoms with Crippen molar-refractivity contribution >= 4 is 32.8 Å². The molecule has 0 spiro atoms. The SMILES string of the molecule is CCOC(=O)c1c[nH]c2cc(OCC)c(Br)cc2c1=O. The fourth-order valence-electron chi connectivity index (χ4n) is 1.85. The summed E-state index contributed by atoms with van der Waals surface area (Å²) < 4.78 is 11.0. The highest BCUT2D eigenvalue weighted by Gasteiger charge is 2.15. The Bertz CT molecular complexity index is 708. The number of fused-ring (bicyclic) bond motifs is 1. The van der Waals surface area contributed by atoms with Crippen LogP contribution in [0.25, 0.3) is 10.9 Å². The highest BCUT2D eigenvalue weighted by molar-refractivity contribution is 9.10. The van der Waals surface area contributed by atoms with Crippen molar-refractivity contribution in [3.05, 3.63) is 38.6 Å². The molecule has 0 fully saturated rings. The molecule has 0 aliphatic rings. The van der Waals surface area contributed by atoms with E-state index in [1.807, 2.05) is 6.92 Å². The first-order chi connectivity index (χ1) is 9.58. The van der Waals surface area contributed by atoms with Gasteiger partial charge >= 0.3 is 5.97 Å². The van der Waals surface area contributed by atoms with Gasteiger partial charge in [0.1, 0.15) is 11.3 Å². The maximum absolute atomic E-state index is 12.3. The van der Waals surface area contributed by atoms with Crippen molar-refractivity contribution in [1.29, 1.82) is 0 Å². The Hall–Kier alpha value is -1.82. The second kappa shape index (κ2) is 6.09. The fourth-order valence-corrected chi connectivity index (χ4v) is 2.31. The number of halogens is 1. The molecule has 2 aromatic rings. The van der Waals surface area contributed by atoms with Gasteiger partial charge in [-0.25, -0.2) is 4.79 Å². The highest BCUT2D eigenvalue weighted by atomic mass is 79.9. The lowest BCUT2D eigenvalue weighted by molar-refractivity contribution is 0.0524. The van der Waals surface area contributed by atoms with Gasteiger partial charge in [0, 0.05) is 17.6 Å². The zero-order chi connectivity index (χ0) is 14.7. The Balaban J connectivity index is 2.59. The van der Waals surface area contributed by atoms with Crippen LogP contribution in [0.15, 0.2) is 27.6 Å². The van der Waals surface area contributed by atoms with E-state index in [1.54, 1.807) is 19.1 Å². The van der Waals surface area contributed by atoms with E-state index in [4.69, 9.17) is 9.47 Å². The van der Waals surface area contributed by atoms with E-state index in [0.717, 1.165) is 0 Å². The Morgan fingerprint density at radius 3 is 2.70 bits per heavy atom. The van der Waals surface area contributed by atoms with Gasteiger partial charge < -0.3 is 14.5 Å². The summed E-state index contributed by atoms with van der Waals surface area (Å²) in [5.41, 5.74) is 0.242. The molecule has 0 bridgehead atoms. The largest absolute Gasteiger partial charge is 0.493 e. The number of H-pyrrole nitrogens is 1. The molecule has 0 unspecified atom stereocenters. The summed E-state index contributed by atoms with van der Waals surface area (Å²) in [6, 6.07) is 3.36. The lowest BCUT2D eigenvalue weighted by Crippen LogP contribution is -2.18. The van der Waals surface area contributed by atoms with Gasteiger partial charge in [0.15, 0.2) is 0 Å². The van der Waals surface area contributed by atoms with E-state index in [0.29, 0.717) is 27.7 Å². The van der Waals surface area contributed by atoms with Gasteiger partial charge in [-0.3, -0.25) is 4.79 Å². The molecule has 1 N–H and O–H groups in total. The number of rotatable bonds is 4. The number of pyridine rings is 1. The summed E-state index contributed by atoms with van der Waals surface area (Å²) in [5.74, 6) is 0.0141. The first kappa shape index (κ1) is 14.6. The van der Waals surface area contributed by atoms with Gasteiger partial charge in [-0.05, 0) is 35.8 Å². The molecule has 2 rings (SSSR count). The monoisotopic (exact) mass is 339 g/mol. The minimum atomic E-state index is -0.624. The fraction of sp³-hybridized carbons (Fsp3) is 0.286. The minimum absolute atomic E-state index is 0.00425. The lowest BCUT2D eigenvalue weighted by atomic mass is 10.1. The van der Waals surface area contributed by atoms with Crippen LogP contribution >= 0.6 is 15.9 Å². The topological polar surface area (TPSA) is 68.4 Å². The van der Waals surface area contributed by atoms with Crippen molar-refractivity contribution in [1.82, 2.24) is 4.98 Å². The van der Waals surface area contributed by atoms with Crippen LogP contribution in [0.4, 0.5) is 0 Å². The molecule has 0 saturated carbocycles. The molecule has 1 aromatic heterocycles. The molecule has 0 atom stereocenters. The minimum Gasteiger partial charge on any atom is -0.493 e. The third-order valence-corrected chi connectivity index (χ3v) is 3.35. The number of benzene rings is 1. The number of esters is 1. The van der Waals surface area contributed by atoms with E-state index >= 15 is 0 Å². The molecule has 1 heterocycles. The van der Waals surface area contributed by atoms with Crippen LogP contribution in [0.3, 0.4) is 0 Å². The predicted octanol–water partition coefficient (Wildman–Crippen LogP) is 2.87. The van der Waals surface area contributed by atoms with Crippen LogP contribution < -0.4 is 10.2 Å². The number of carbonyl (C=O) groups excluding carboxylic acids is 1. The Kier molecular flexibility index (Phi) is 4.44. The molecule has 20 heavy (non-hydrogen) atoms. The van der Waals surface area contributed by atoms with E-state index < -0.39 is 5.97 Å². The van der Waals surface area contributed by atoms with Crippen molar-refractivity contribution in [2.24, 2.45) is 0 Å². The maximum Gasteiger partial charge on any atom is 0.343 e. The van der Waals surface area contributed by atoms with Crippen LogP contribution in [0.5, 0.6) is 5.75 Å². The summed E-state index contributed by atoms with van der Waals surface area (Å²) in [4.78, 5) is 26.9. The van der Waals surface area contributed by atoms with Gasteiger partial charge in [0.05, 0.1) is 23.2 Å². The molecular formula is C14H14BrNO4. The second-order valence-corrected chi connectivity index (χ2v) is 4.87. The van der Waals surface area contributed by atoms with Crippen LogP contribution in [0, 0.1) is 0 Å². The summed E-state index contributed by atoms with van der Waals surface area (Å²) >= 11 is 3.35. The van der Waals surface area contributed by atoms with Gasteiger partial charge in [0.25, 0.3) is 0 Å². The zero-order valence-corrected chi connectivity index (χ0v) is 12.7. The third kappa shape index (κ3) is 2.70. The maximum atomic E-state index is 12.3. The first-order valence-corrected chi connectivity index (χ1v) is 7.02. The smallest absolute Gasteiger partial charge is 0.343 e. The summed E-state index contributed by atoms with van der Waals surface area (Å²) in [6.07, 6.45) is 1.37. The molecule has 6 heteroatoms. The van der Waals surface area contributed by atoms with Gasteiger partial charge in [-0.2, -0.15) is 0 Å². The molecule has 0 aliphatic heterocycles. The Morgan fingerprint density at radius 1 is 1.30 bits per heavy atom.